The van der Waals surface area contributed by atoms with Gasteiger partial charge in [-0.2, -0.15) is 13.2 Å². The molecule has 1 aliphatic heterocycles. The molecule has 5 nitrogen and oxygen atoms in total. The van der Waals surface area contributed by atoms with Crippen LogP contribution in [0.5, 0.6) is 5.75 Å². The van der Waals surface area contributed by atoms with E-state index < -0.39 is 11.9 Å². The number of amides is 1. The van der Waals surface area contributed by atoms with Crippen molar-refractivity contribution in [2.24, 2.45) is 0 Å². The summed E-state index contributed by atoms with van der Waals surface area (Å²) in [6, 6.07) is 9.83. The van der Waals surface area contributed by atoms with Crippen LogP contribution in [0.1, 0.15) is 41.3 Å². The summed E-state index contributed by atoms with van der Waals surface area (Å²) in [7, 11) is 1.59. The third kappa shape index (κ3) is 4.52. The molecule has 4 rings (SSSR count). The Labute approximate surface area is 178 Å². The third-order valence-electron chi connectivity index (χ3n) is 5.78. The highest BCUT2D eigenvalue weighted by Crippen LogP contribution is 2.32. The largest absolute Gasteiger partial charge is 0.496 e. The van der Waals surface area contributed by atoms with E-state index in [0.29, 0.717) is 24.4 Å². The number of alkyl halides is 3. The van der Waals surface area contributed by atoms with Gasteiger partial charge in [0.05, 0.1) is 24.6 Å². The van der Waals surface area contributed by atoms with Gasteiger partial charge in [-0.3, -0.25) is 4.79 Å². The molecule has 0 aliphatic carbocycles. The molecule has 2 aromatic heterocycles. The molecule has 0 radical (unpaired) electrons. The second kappa shape index (κ2) is 8.24. The fraction of sp³-hybridized carbons (Fsp3) is 0.391. The van der Waals surface area contributed by atoms with Crippen LogP contribution in [-0.2, 0) is 17.4 Å². The van der Waals surface area contributed by atoms with Crippen LogP contribution in [0, 0.1) is 6.92 Å². The quantitative estimate of drug-likeness (QED) is 0.643. The number of ether oxygens (including phenoxy) is 1. The molecule has 3 heterocycles. The number of likely N-dealkylation sites (tertiary alicyclic amines) is 1. The number of carbonyl (C=O) groups is 1. The highest BCUT2D eigenvalue weighted by atomic mass is 19.4. The van der Waals surface area contributed by atoms with Crippen molar-refractivity contribution in [2.75, 3.05) is 20.2 Å². The number of aromatic nitrogens is 2. The molecule has 1 amide bonds. The zero-order valence-electron chi connectivity index (χ0n) is 17.4. The lowest BCUT2D eigenvalue weighted by Gasteiger charge is -2.32. The van der Waals surface area contributed by atoms with E-state index in [2.05, 4.69) is 9.97 Å². The molecule has 0 bridgehead atoms. The lowest BCUT2D eigenvalue weighted by Crippen LogP contribution is -2.40. The number of nitrogens with zero attached hydrogens (tertiary/aromatic N) is 2. The Morgan fingerprint density at radius 3 is 2.81 bits per heavy atom. The molecule has 31 heavy (non-hydrogen) atoms. The predicted octanol–water partition coefficient (Wildman–Crippen LogP) is 4.85. The van der Waals surface area contributed by atoms with Gasteiger partial charge in [0.15, 0.2) is 0 Å². The van der Waals surface area contributed by atoms with Gasteiger partial charge in [0.25, 0.3) is 0 Å². The van der Waals surface area contributed by atoms with Crippen LogP contribution in [0.3, 0.4) is 0 Å². The number of nitrogens with one attached hydrogen (secondary N) is 1. The second-order valence-corrected chi connectivity index (χ2v) is 8.02. The van der Waals surface area contributed by atoms with Crippen molar-refractivity contribution in [3.8, 4) is 5.75 Å². The van der Waals surface area contributed by atoms with E-state index in [0.717, 1.165) is 35.7 Å². The highest BCUT2D eigenvalue weighted by Gasteiger charge is 2.33. The summed E-state index contributed by atoms with van der Waals surface area (Å²) >= 11 is 0. The molecule has 1 atom stereocenters. The minimum Gasteiger partial charge on any atom is -0.496 e. The van der Waals surface area contributed by atoms with Crippen LogP contribution in [0.25, 0.3) is 11.0 Å². The first-order valence-electron chi connectivity index (χ1n) is 10.2. The Hall–Kier alpha value is -3.03. The van der Waals surface area contributed by atoms with Crippen LogP contribution in [0.15, 0.2) is 36.4 Å². The number of H-pyrrole nitrogens is 1. The van der Waals surface area contributed by atoms with Crippen LogP contribution in [0.2, 0.25) is 0 Å². The van der Waals surface area contributed by atoms with Crippen molar-refractivity contribution in [1.82, 2.24) is 14.9 Å². The summed E-state index contributed by atoms with van der Waals surface area (Å²) in [5.74, 6) is 0.734. The number of hydrogen-bond acceptors (Lipinski definition) is 3. The minimum absolute atomic E-state index is 0.0159. The van der Waals surface area contributed by atoms with Crippen LogP contribution in [-0.4, -0.2) is 41.0 Å². The van der Waals surface area contributed by atoms with Crippen molar-refractivity contribution in [3.05, 3.63) is 58.9 Å². The molecule has 1 N–H and O–H groups in total. The number of aromatic amines is 1. The van der Waals surface area contributed by atoms with Gasteiger partial charge in [0.2, 0.25) is 5.91 Å². The molecular weight excluding hydrogens is 407 g/mol. The average Bonchev–Trinajstić information content (AvgIpc) is 3.17. The molecule has 1 aliphatic rings. The summed E-state index contributed by atoms with van der Waals surface area (Å²) in [6.07, 6.45) is -2.54. The van der Waals surface area contributed by atoms with Crippen molar-refractivity contribution in [3.63, 3.8) is 0 Å². The van der Waals surface area contributed by atoms with Crippen LogP contribution >= 0.6 is 0 Å². The van der Waals surface area contributed by atoms with Gasteiger partial charge >= 0.3 is 6.18 Å². The molecule has 0 saturated carbocycles. The minimum atomic E-state index is -4.48. The smallest absolute Gasteiger partial charge is 0.433 e. The molecule has 8 heteroatoms. The molecule has 0 spiro atoms. The zero-order valence-corrected chi connectivity index (χ0v) is 17.4. The van der Waals surface area contributed by atoms with Gasteiger partial charge in [-0.1, -0.05) is 17.7 Å². The number of piperidine rings is 1. The summed E-state index contributed by atoms with van der Waals surface area (Å²) in [5.41, 5.74) is 2.67. The topological polar surface area (TPSA) is 58.2 Å². The maximum atomic E-state index is 13.0. The Bertz CT molecular complexity index is 1110. The average molecular weight is 431 g/mol. The molecule has 3 aromatic rings. The molecule has 1 aromatic carbocycles. The number of pyridine rings is 1. The molecule has 1 saturated heterocycles. The summed E-state index contributed by atoms with van der Waals surface area (Å²) in [6.45, 7) is 3.16. The number of hydrogen-bond donors (Lipinski definition) is 1. The van der Waals surface area contributed by atoms with E-state index in [1.807, 2.05) is 30.0 Å². The van der Waals surface area contributed by atoms with Gasteiger partial charge in [0, 0.05) is 30.3 Å². The van der Waals surface area contributed by atoms with Crippen LogP contribution < -0.4 is 4.74 Å². The normalized spacial score (nSPS) is 17.2. The summed E-state index contributed by atoms with van der Waals surface area (Å²) < 4.78 is 44.2. The van der Waals surface area contributed by atoms with Gasteiger partial charge < -0.3 is 14.6 Å². The van der Waals surface area contributed by atoms with E-state index in [1.54, 1.807) is 13.2 Å². The first-order chi connectivity index (χ1) is 14.7. The third-order valence-corrected chi connectivity index (χ3v) is 5.78. The summed E-state index contributed by atoms with van der Waals surface area (Å²) in [4.78, 5) is 21.7. The number of benzene rings is 1. The Morgan fingerprint density at radius 2 is 2.06 bits per heavy atom. The van der Waals surface area contributed by atoms with Crippen LogP contribution in [0.4, 0.5) is 13.2 Å². The van der Waals surface area contributed by atoms with Gasteiger partial charge in [-0.25, -0.2) is 4.98 Å². The lowest BCUT2D eigenvalue weighted by atomic mass is 9.94. The number of halogens is 3. The Balaban J connectivity index is 1.51. The highest BCUT2D eigenvalue weighted by molar-refractivity contribution is 5.80. The van der Waals surface area contributed by atoms with Gasteiger partial charge in [0.1, 0.15) is 11.4 Å². The number of fused-ring (bicyclic) bond motifs is 1. The standard InChI is InChI=1S/C23H24F3N3O2/c1-14-5-7-20(31-2)16(10-14)11-22(30)29-9-3-4-15(13-29)18-12-19-17(27-18)6-8-21(28-19)23(24,25)26/h5-8,10,12,15,27H,3-4,9,11,13H2,1-2H3. The molecule has 1 fully saturated rings. The monoisotopic (exact) mass is 431 g/mol. The van der Waals surface area contributed by atoms with E-state index in [1.165, 1.54) is 6.07 Å². The van der Waals surface area contributed by atoms with E-state index in [4.69, 9.17) is 4.74 Å². The predicted molar refractivity (Wildman–Crippen MR) is 111 cm³/mol. The van der Waals surface area contributed by atoms with Crippen molar-refractivity contribution in [2.45, 2.75) is 38.3 Å². The Morgan fingerprint density at radius 1 is 1.26 bits per heavy atom. The molecule has 1 unspecified atom stereocenters. The first-order valence-corrected chi connectivity index (χ1v) is 10.2. The Kier molecular flexibility index (Phi) is 5.64. The van der Waals surface area contributed by atoms with E-state index in [-0.39, 0.29) is 23.8 Å². The zero-order chi connectivity index (χ0) is 22.2. The number of methoxy groups -OCH3 is 1. The maximum Gasteiger partial charge on any atom is 0.433 e. The van der Waals surface area contributed by atoms with E-state index in [9.17, 15) is 18.0 Å². The number of carbonyl (C=O) groups excluding carboxylic acids is 1. The first kappa shape index (κ1) is 21.2. The van der Waals surface area contributed by atoms with Gasteiger partial charge in [-0.05, 0) is 44.0 Å². The number of rotatable bonds is 4. The van der Waals surface area contributed by atoms with Gasteiger partial charge in [-0.15, -0.1) is 0 Å². The van der Waals surface area contributed by atoms with Crippen molar-refractivity contribution in [1.29, 1.82) is 0 Å². The van der Waals surface area contributed by atoms with Crippen molar-refractivity contribution < 1.29 is 22.7 Å². The maximum absolute atomic E-state index is 13.0. The lowest BCUT2D eigenvalue weighted by molar-refractivity contribution is -0.141. The fourth-order valence-electron chi connectivity index (χ4n) is 4.19. The summed E-state index contributed by atoms with van der Waals surface area (Å²) in [5, 5.41) is 0. The fourth-order valence-corrected chi connectivity index (χ4v) is 4.19. The van der Waals surface area contributed by atoms with E-state index >= 15 is 0 Å². The molecule has 164 valence electrons. The second-order valence-electron chi connectivity index (χ2n) is 8.02. The van der Waals surface area contributed by atoms with Crippen molar-refractivity contribution >= 4 is 16.9 Å². The number of aryl methyl sites for hydroxylation is 1. The molecular formula is C23H24F3N3O2. The SMILES string of the molecule is COc1ccc(C)cc1CC(=O)N1CCCC(c2cc3nc(C(F)(F)F)ccc3[nH]2)C1.